The van der Waals surface area contributed by atoms with Gasteiger partial charge in [-0.15, -0.1) is 0 Å². The monoisotopic (exact) mass is 249 g/mol. The van der Waals surface area contributed by atoms with Crippen molar-refractivity contribution in [2.24, 2.45) is 0 Å². The van der Waals surface area contributed by atoms with Crippen LogP contribution in [0.5, 0.6) is 0 Å². The van der Waals surface area contributed by atoms with Crippen LogP contribution in [0.25, 0.3) is 0 Å². The average Bonchev–Trinajstić information content (AvgIpc) is 2.34. The number of nitrogens with zero attached hydrogens (tertiary/aromatic N) is 4. The van der Waals surface area contributed by atoms with Crippen molar-refractivity contribution in [3.8, 4) is 0 Å². The largest absolute Gasteiger partial charge is 0.367 e. The number of rotatable bonds is 3. The lowest BCUT2D eigenvalue weighted by molar-refractivity contribution is 0.122. The molecule has 1 aliphatic heterocycles. The summed E-state index contributed by atoms with van der Waals surface area (Å²) in [4.78, 5) is 13.6. The highest BCUT2D eigenvalue weighted by Crippen LogP contribution is 2.09. The zero-order valence-corrected chi connectivity index (χ0v) is 11.8. The van der Waals surface area contributed by atoms with E-state index < -0.39 is 0 Å². The van der Waals surface area contributed by atoms with E-state index in [4.69, 9.17) is 0 Å². The molecule has 2 rings (SSSR count). The van der Waals surface area contributed by atoms with Crippen LogP contribution >= 0.6 is 0 Å². The van der Waals surface area contributed by atoms with E-state index in [0.717, 1.165) is 43.4 Å². The second kappa shape index (κ2) is 5.63. The third-order valence-corrected chi connectivity index (χ3v) is 3.69. The number of aryl methyl sites for hydroxylation is 2. The van der Waals surface area contributed by atoms with Gasteiger partial charge in [0, 0.05) is 32.2 Å². The van der Waals surface area contributed by atoms with Gasteiger partial charge >= 0.3 is 0 Å². The van der Waals surface area contributed by atoms with Crippen molar-refractivity contribution >= 4 is 5.82 Å². The molecule has 1 unspecified atom stereocenters. The molecule has 0 amide bonds. The molecular weight excluding hydrogens is 226 g/mol. The summed E-state index contributed by atoms with van der Waals surface area (Å²) in [5.41, 5.74) is 1.99. The summed E-state index contributed by atoms with van der Waals surface area (Å²) in [6.45, 7) is 8.27. The Morgan fingerprint density at radius 1 is 1.28 bits per heavy atom. The maximum atomic E-state index is 4.50. The maximum absolute atomic E-state index is 4.50. The highest BCUT2D eigenvalue weighted by atomic mass is 15.3. The summed E-state index contributed by atoms with van der Waals surface area (Å²) < 4.78 is 0. The molecule has 1 aromatic rings. The first-order valence-electron chi connectivity index (χ1n) is 6.49. The topological polar surface area (TPSA) is 44.3 Å². The van der Waals surface area contributed by atoms with Crippen molar-refractivity contribution in [1.29, 1.82) is 0 Å². The zero-order chi connectivity index (χ0) is 13.1. The van der Waals surface area contributed by atoms with Crippen LogP contribution in [0.3, 0.4) is 0 Å². The Morgan fingerprint density at radius 2 is 2.06 bits per heavy atom. The quantitative estimate of drug-likeness (QED) is 0.856. The third-order valence-electron chi connectivity index (χ3n) is 3.69. The van der Waals surface area contributed by atoms with Crippen molar-refractivity contribution in [3.63, 3.8) is 0 Å². The number of piperazine rings is 1. The Bertz CT molecular complexity index is 406. The summed E-state index contributed by atoms with van der Waals surface area (Å²) in [7, 11) is 4.36. The number of likely N-dealkylation sites (N-methyl/N-ethyl adjacent to an activating group) is 2. The first kappa shape index (κ1) is 13.2. The SMILES string of the molecule is Cc1ncc(NCC2CN(C)CCN2C)nc1C. The zero-order valence-electron chi connectivity index (χ0n) is 11.8. The van der Waals surface area contributed by atoms with E-state index >= 15 is 0 Å². The third kappa shape index (κ3) is 3.17. The minimum absolute atomic E-state index is 0.534. The standard InChI is InChI=1S/C13H23N5/c1-10-11(2)16-13(8-14-10)15-7-12-9-17(3)5-6-18(12)4/h8,12H,5-7,9H2,1-4H3,(H,15,16). The van der Waals surface area contributed by atoms with Crippen molar-refractivity contribution in [1.82, 2.24) is 19.8 Å². The molecule has 1 saturated heterocycles. The lowest BCUT2D eigenvalue weighted by atomic mass is 10.2. The van der Waals surface area contributed by atoms with Gasteiger partial charge in [0.05, 0.1) is 17.6 Å². The highest BCUT2D eigenvalue weighted by Gasteiger charge is 2.21. The van der Waals surface area contributed by atoms with Crippen molar-refractivity contribution in [2.45, 2.75) is 19.9 Å². The Labute approximate surface area is 109 Å². The van der Waals surface area contributed by atoms with Crippen molar-refractivity contribution in [2.75, 3.05) is 45.6 Å². The molecule has 0 aromatic carbocycles. The van der Waals surface area contributed by atoms with Gasteiger partial charge in [0.25, 0.3) is 0 Å². The van der Waals surface area contributed by atoms with E-state index in [1.165, 1.54) is 0 Å². The van der Waals surface area contributed by atoms with Crippen LogP contribution in [-0.4, -0.2) is 66.1 Å². The molecule has 1 aliphatic rings. The molecule has 0 radical (unpaired) electrons. The number of nitrogens with one attached hydrogen (secondary N) is 1. The number of anilines is 1. The first-order valence-corrected chi connectivity index (χ1v) is 6.49. The van der Waals surface area contributed by atoms with E-state index in [1.54, 1.807) is 0 Å². The molecule has 1 N–H and O–H groups in total. The molecule has 1 aromatic heterocycles. The Balaban J connectivity index is 1.92. The molecule has 5 heteroatoms. The normalized spacial score (nSPS) is 22.1. The second-order valence-electron chi connectivity index (χ2n) is 5.20. The molecule has 0 bridgehead atoms. The molecule has 18 heavy (non-hydrogen) atoms. The van der Waals surface area contributed by atoms with E-state index in [0.29, 0.717) is 6.04 Å². The highest BCUT2D eigenvalue weighted by molar-refractivity contribution is 5.33. The summed E-state index contributed by atoms with van der Waals surface area (Å²) >= 11 is 0. The van der Waals surface area contributed by atoms with Gasteiger partial charge < -0.3 is 10.2 Å². The molecular formula is C13H23N5. The Hall–Kier alpha value is -1.20. The fourth-order valence-electron chi connectivity index (χ4n) is 2.17. The minimum atomic E-state index is 0.534. The van der Waals surface area contributed by atoms with Crippen LogP contribution in [0.1, 0.15) is 11.4 Å². The van der Waals surface area contributed by atoms with Gasteiger partial charge in [-0.05, 0) is 27.9 Å². The van der Waals surface area contributed by atoms with Gasteiger partial charge in [-0.2, -0.15) is 0 Å². The van der Waals surface area contributed by atoms with Crippen LogP contribution < -0.4 is 5.32 Å². The summed E-state index contributed by atoms with van der Waals surface area (Å²) in [6.07, 6.45) is 1.81. The first-order chi connectivity index (χ1) is 8.56. The average molecular weight is 249 g/mol. The van der Waals surface area contributed by atoms with Crippen LogP contribution in [0.2, 0.25) is 0 Å². The van der Waals surface area contributed by atoms with Gasteiger partial charge in [0.15, 0.2) is 0 Å². The molecule has 1 atom stereocenters. The van der Waals surface area contributed by atoms with Crippen molar-refractivity contribution < 1.29 is 0 Å². The molecule has 0 saturated carbocycles. The number of hydrogen-bond acceptors (Lipinski definition) is 5. The summed E-state index contributed by atoms with van der Waals surface area (Å²) in [6, 6.07) is 0.534. The van der Waals surface area contributed by atoms with E-state index in [9.17, 15) is 0 Å². The van der Waals surface area contributed by atoms with Gasteiger partial charge in [-0.1, -0.05) is 0 Å². The van der Waals surface area contributed by atoms with E-state index in [2.05, 4.69) is 39.2 Å². The summed E-state index contributed by atoms with van der Waals surface area (Å²) in [5, 5.41) is 3.39. The van der Waals surface area contributed by atoms with Crippen LogP contribution in [-0.2, 0) is 0 Å². The van der Waals surface area contributed by atoms with Crippen LogP contribution in [0.4, 0.5) is 5.82 Å². The van der Waals surface area contributed by atoms with Crippen LogP contribution in [0, 0.1) is 13.8 Å². The van der Waals surface area contributed by atoms with Gasteiger partial charge in [0.1, 0.15) is 5.82 Å². The molecule has 0 spiro atoms. The second-order valence-corrected chi connectivity index (χ2v) is 5.20. The predicted octanol–water partition coefficient (Wildman–Crippen LogP) is 0.751. The summed E-state index contributed by atoms with van der Waals surface area (Å²) in [5.74, 6) is 0.875. The van der Waals surface area contributed by atoms with Crippen molar-refractivity contribution in [3.05, 3.63) is 17.6 Å². The predicted molar refractivity (Wildman–Crippen MR) is 73.9 cm³/mol. The minimum Gasteiger partial charge on any atom is -0.367 e. The van der Waals surface area contributed by atoms with Crippen LogP contribution in [0.15, 0.2) is 6.20 Å². The van der Waals surface area contributed by atoms with Gasteiger partial charge in [0.2, 0.25) is 0 Å². The fraction of sp³-hybridized carbons (Fsp3) is 0.692. The molecule has 100 valence electrons. The maximum Gasteiger partial charge on any atom is 0.144 e. The lowest BCUT2D eigenvalue weighted by Crippen LogP contribution is -2.52. The smallest absolute Gasteiger partial charge is 0.144 e. The molecule has 5 nitrogen and oxygen atoms in total. The van der Waals surface area contributed by atoms with Gasteiger partial charge in [-0.25, -0.2) is 4.98 Å². The Kier molecular flexibility index (Phi) is 4.14. The number of hydrogen-bond donors (Lipinski definition) is 1. The van der Waals surface area contributed by atoms with E-state index in [-0.39, 0.29) is 0 Å². The van der Waals surface area contributed by atoms with E-state index in [1.807, 2.05) is 20.0 Å². The van der Waals surface area contributed by atoms with Gasteiger partial charge in [-0.3, -0.25) is 9.88 Å². The number of aromatic nitrogens is 2. The molecule has 0 aliphatic carbocycles. The lowest BCUT2D eigenvalue weighted by Gasteiger charge is -2.37. The Morgan fingerprint density at radius 3 is 2.78 bits per heavy atom. The fourth-order valence-corrected chi connectivity index (χ4v) is 2.17. The molecule has 2 heterocycles. The molecule has 1 fully saturated rings.